The monoisotopic (exact) mass is 552 g/mol. The van der Waals surface area contributed by atoms with Gasteiger partial charge in [-0.2, -0.15) is 0 Å². The molecular weight excluding hydrogens is 489 g/mol. The molecule has 4 aliphatic rings. The molecule has 4 rings (SSSR count). The third kappa shape index (κ3) is 8.43. The highest BCUT2D eigenvalue weighted by atomic mass is 19.2. The van der Waals surface area contributed by atoms with E-state index >= 15 is 8.78 Å². The minimum absolute atomic E-state index is 0.0303. The smallest absolute Gasteiger partial charge is 0.134 e. The summed E-state index contributed by atoms with van der Waals surface area (Å²) in [6.45, 7) is 6.67. The summed E-state index contributed by atoms with van der Waals surface area (Å²) in [5.74, 6) is 3.87. The lowest BCUT2D eigenvalue weighted by Crippen LogP contribution is -2.44. The number of hydrogen-bond donors (Lipinski definition) is 0. The van der Waals surface area contributed by atoms with E-state index < -0.39 is 18.5 Å². The van der Waals surface area contributed by atoms with Gasteiger partial charge in [0.1, 0.15) is 18.5 Å². The lowest BCUT2D eigenvalue weighted by Gasteiger charge is -2.44. The number of alkyl halides is 3. The van der Waals surface area contributed by atoms with E-state index in [-0.39, 0.29) is 11.8 Å². The molecule has 0 saturated heterocycles. The fraction of sp³-hybridized carbons (Fsp3) is 1.00. The van der Waals surface area contributed by atoms with Gasteiger partial charge in [0, 0.05) is 0 Å². The van der Waals surface area contributed by atoms with Crippen LogP contribution in [0.2, 0.25) is 0 Å². The molecule has 228 valence electrons. The van der Waals surface area contributed by atoms with E-state index in [1.807, 2.05) is 0 Å². The molecule has 0 aromatic rings. The number of hydrogen-bond acceptors (Lipinski definition) is 0. The average molecular weight is 553 g/mol. The molecule has 0 aromatic carbocycles. The van der Waals surface area contributed by atoms with Gasteiger partial charge in [0.2, 0.25) is 0 Å². The van der Waals surface area contributed by atoms with E-state index in [0.717, 1.165) is 75.5 Å². The Morgan fingerprint density at radius 2 is 1.23 bits per heavy atom. The van der Waals surface area contributed by atoms with Gasteiger partial charge in [0.15, 0.2) is 0 Å². The highest BCUT2D eigenvalue weighted by molar-refractivity contribution is 4.95. The number of unbranched alkanes of at least 4 members (excludes halogenated alkanes) is 1. The van der Waals surface area contributed by atoms with Gasteiger partial charge >= 0.3 is 0 Å². The summed E-state index contributed by atoms with van der Waals surface area (Å²) in [5.41, 5.74) is 0. The minimum Gasteiger partial charge on any atom is -0.247 e. The third-order valence-corrected chi connectivity index (χ3v) is 12.7. The summed E-state index contributed by atoms with van der Waals surface area (Å²) in [6.07, 6.45) is 20.9. The molecule has 8 atom stereocenters. The minimum atomic E-state index is -1.25. The van der Waals surface area contributed by atoms with Crippen molar-refractivity contribution in [2.75, 3.05) is 0 Å². The van der Waals surface area contributed by atoms with Crippen molar-refractivity contribution in [1.29, 1.82) is 0 Å². The van der Waals surface area contributed by atoms with E-state index in [2.05, 4.69) is 20.8 Å². The van der Waals surface area contributed by atoms with Crippen LogP contribution < -0.4 is 0 Å². The standard InChI is InChI=1S/C36H63F3/c1-4-7-9-30-20-21-31(24-34(30)37)28-16-11-26(12-17-28)10-15-27(6-3)32-22-23-33(36(39)35(32)38)29-18-13-25(8-5-2)14-19-29/h25-36H,4-24H2,1-3H3. The maximum absolute atomic E-state index is 15.6. The van der Waals surface area contributed by atoms with Crippen LogP contribution in [0.1, 0.15) is 156 Å². The van der Waals surface area contributed by atoms with Crippen LogP contribution in [-0.4, -0.2) is 18.5 Å². The van der Waals surface area contributed by atoms with Crippen molar-refractivity contribution in [2.24, 2.45) is 53.3 Å². The maximum Gasteiger partial charge on any atom is 0.134 e. The Morgan fingerprint density at radius 1 is 0.590 bits per heavy atom. The molecule has 0 bridgehead atoms. The Labute approximate surface area is 240 Å². The van der Waals surface area contributed by atoms with E-state index in [1.165, 1.54) is 77.0 Å². The molecular formula is C36H63F3. The van der Waals surface area contributed by atoms with Crippen LogP contribution in [0.4, 0.5) is 13.2 Å². The molecule has 4 saturated carbocycles. The van der Waals surface area contributed by atoms with Crippen molar-refractivity contribution in [3.8, 4) is 0 Å². The predicted molar refractivity (Wildman–Crippen MR) is 160 cm³/mol. The van der Waals surface area contributed by atoms with Crippen LogP contribution >= 0.6 is 0 Å². The van der Waals surface area contributed by atoms with Crippen molar-refractivity contribution >= 4 is 0 Å². The molecule has 0 aliphatic heterocycles. The van der Waals surface area contributed by atoms with Crippen LogP contribution in [0.5, 0.6) is 0 Å². The van der Waals surface area contributed by atoms with Crippen molar-refractivity contribution in [3.05, 3.63) is 0 Å². The van der Waals surface area contributed by atoms with Crippen LogP contribution in [0.15, 0.2) is 0 Å². The Hall–Kier alpha value is -0.210. The summed E-state index contributed by atoms with van der Waals surface area (Å²) in [6, 6.07) is 0. The third-order valence-electron chi connectivity index (χ3n) is 12.7. The summed E-state index contributed by atoms with van der Waals surface area (Å²) in [7, 11) is 0. The molecule has 0 heterocycles. The Bertz CT molecular complexity index is 664. The zero-order valence-corrected chi connectivity index (χ0v) is 25.9. The van der Waals surface area contributed by atoms with Gasteiger partial charge in [-0.1, -0.05) is 85.0 Å². The van der Waals surface area contributed by atoms with Gasteiger partial charge < -0.3 is 0 Å². The van der Waals surface area contributed by atoms with Crippen molar-refractivity contribution < 1.29 is 13.2 Å². The molecule has 0 spiro atoms. The Kier molecular flexibility index (Phi) is 12.9. The lowest BCUT2D eigenvalue weighted by molar-refractivity contribution is -0.0324. The molecule has 0 amide bonds. The van der Waals surface area contributed by atoms with E-state index in [9.17, 15) is 4.39 Å². The summed E-state index contributed by atoms with van der Waals surface area (Å²) < 4.78 is 46.0. The zero-order chi connectivity index (χ0) is 27.8. The highest BCUT2D eigenvalue weighted by Gasteiger charge is 2.46. The summed E-state index contributed by atoms with van der Waals surface area (Å²) >= 11 is 0. The second-order valence-corrected chi connectivity index (χ2v) is 14.9. The molecule has 8 unspecified atom stereocenters. The molecule has 0 aromatic heterocycles. The number of halogens is 3. The molecule has 4 fully saturated rings. The Balaban J connectivity index is 1.17. The van der Waals surface area contributed by atoms with Crippen LogP contribution in [-0.2, 0) is 0 Å². The van der Waals surface area contributed by atoms with Crippen molar-refractivity contribution in [3.63, 3.8) is 0 Å². The largest absolute Gasteiger partial charge is 0.247 e. The lowest BCUT2D eigenvalue weighted by atomic mass is 9.64. The molecule has 0 N–H and O–H groups in total. The molecule has 3 heteroatoms. The molecule has 0 nitrogen and oxygen atoms in total. The second-order valence-electron chi connectivity index (χ2n) is 14.9. The van der Waals surface area contributed by atoms with Crippen molar-refractivity contribution in [2.45, 2.75) is 174 Å². The van der Waals surface area contributed by atoms with Gasteiger partial charge in [0.05, 0.1) is 0 Å². The highest BCUT2D eigenvalue weighted by Crippen LogP contribution is 2.48. The first-order chi connectivity index (χ1) is 18.9. The normalized spacial score (nSPS) is 42.8. The van der Waals surface area contributed by atoms with Crippen molar-refractivity contribution in [1.82, 2.24) is 0 Å². The average Bonchev–Trinajstić information content (AvgIpc) is 2.96. The predicted octanol–water partition coefficient (Wildman–Crippen LogP) is 11.9. The topological polar surface area (TPSA) is 0 Å². The van der Waals surface area contributed by atoms with Gasteiger partial charge in [-0.15, -0.1) is 0 Å². The van der Waals surface area contributed by atoms with E-state index in [4.69, 9.17) is 0 Å². The first kappa shape index (κ1) is 31.7. The quantitative estimate of drug-likeness (QED) is 0.226. The summed E-state index contributed by atoms with van der Waals surface area (Å²) in [4.78, 5) is 0. The number of rotatable bonds is 12. The summed E-state index contributed by atoms with van der Waals surface area (Å²) in [5, 5.41) is 0. The van der Waals surface area contributed by atoms with Gasteiger partial charge in [-0.3, -0.25) is 0 Å². The fourth-order valence-electron chi connectivity index (χ4n) is 10.0. The Morgan fingerprint density at radius 3 is 1.85 bits per heavy atom. The van der Waals surface area contributed by atoms with Gasteiger partial charge in [-0.25, -0.2) is 13.2 Å². The molecule has 39 heavy (non-hydrogen) atoms. The molecule has 0 radical (unpaired) electrons. The SMILES string of the molecule is CCCCC1CCC(C2CCC(CCC(CC)C3CCC(C4CCC(CCC)CC4)C(F)C3F)CC2)CC1F. The first-order valence-corrected chi connectivity index (χ1v) is 17.9. The van der Waals surface area contributed by atoms with Crippen LogP contribution in [0, 0.1) is 53.3 Å². The first-order valence-electron chi connectivity index (χ1n) is 17.9. The van der Waals surface area contributed by atoms with Gasteiger partial charge in [-0.05, 0) is 124 Å². The fourth-order valence-corrected chi connectivity index (χ4v) is 10.0. The zero-order valence-electron chi connectivity index (χ0n) is 25.9. The van der Waals surface area contributed by atoms with Crippen LogP contribution in [0.25, 0.3) is 0 Å². The second kappa shape index (κ2) is 15.9. The van der Waals surface area contributed by atoms with E-state index in [1.54, 1.807) is 0 Å². The maximum atomic E-state index is 15.6. The van der Waals surface area contributed by atoms with Gasteiger partial charge in [0.25, 0.3) is 0 Å². The van der Waals surface area contributed by atoms with Crippen LogP contribution in [0.3, 0.4) is 0 Å². The van der Waals surface area contributed by atoms with E-state index in [0.29, 0.717) is 23.7 Å². The molecule has 4 aliphatic carbocycles.